The van der Waals surface area contributed by atoms with Crippen LogP contribution in [0, 0.1) is 5.41 Å². The molecule has 2 aliphatic heterocycles. The van der Waals surface area contributed by atoms with Crippen molar-refractivity contribution >= 4 is 29.0 Å². The Hall–Kier alpha value is -2.93. The molecule has 12 nitrogen and oxygen atoms in total. The zero-order chi connectivity index (χ0) is 24.5. The van der Waals surface area contributed by atoms with Crippen molar-refractivity contribution in [1.82, 2.24) is 30.2 Å². The molecule has 0 radical (unpaired) electrons. The summed E-state index contributed by atoms with van der Waals surface area (Å²) < 4.78 is 11.0. The molecule has 0 bridgehead atoms. The lowest BCUT2D eigenvalue weighted by Gasteiger charge is -2.33. The Morgan fingerprint density at radius 2 is 2.14 bits per heavy atom. The van der Waals surface area contributed by atoms with Crippen LogP contribution in [-0.4, -0.2) is 109 Å². The molecule has 2 fully saturated rings. The number of hydrogen-bond donors (Lipinski definition) is 4. The Labute approximate surface area is 206 Å². The molecule has 2 saturated heterocycles. The number of aromatic nitrogens is 4. The Morgan fingerprint density at radius 1 is 1.29 bits per heavy atom. The summed E-state index contributed by atoms with van der Waals surface area (Å²) in [6, 6.07) is 2.11. The molecule has 4 heterocycles. The summed E-state index contributed by atoms with van der Waals surface area (Å²) >= 11 is 0. The number of hydrogen-bond acceptors (Lipinski definition) is 12. The van der Waals surface area contributed by atoms with Gasteiger partial charge in [-0.1, -0.05) is 0 Å². The molecule has 2 aliphatic rings. The monoisotopic (exact) mass is 484 g/mol. The highest BCUT2D eigenvalue weighted by Crippen LogP contribution is 2.29. The van der Waals surface area contributed by atoms with Gasteiger partial charge in [0.2, 0.25) is 5.95 Å². The van der Waals surface area contributed by atoms with E-state index in [1.165, 1.54) is 6.33 Å². The van der Waals surface area contributed by atoms with Crippen LogP contribution < -0.4 is 20.9 Å². The quantitative estimate of drug-likeness (QED) is 0.268. The molecule has 190 valence electrons. The highest BCUT2D eigenvalue weighted by molar-refractivity contribution is 6.05. The van der Waals surface area contributed by atoms with E-state index in [9.17, 15) is 0 Å². The Balaban J connectivity index is 1.70. The van der Waals surface area contributed by atoms with Crippen LogP contribution in [0.1, 0.15) is 19.5 Å². The molecule has 0 aromatic carbocycles. The maximum Gasteiger partial charge on any atom is 0.228 e. The number of rotatable bonds is 11. The summed E-state index contributed by atoms with van der Waals surface area (Å²) in [4.78, 5) is 22.5. The van der Waals surface area contributed by atoms with Crippen molar-refractivity contribution in [3.8, 4) is 0 Å². The summed E-state index contributed by atoms with van der Waals surface area (Å²) in [6.07, 6.45) is 3.17. The largest absolute Gasteiger partial charge is 0.380 e. The van der Waals surface area contributed by atoms with Gasteiger partial charge in [0, 0.05) is 64.7 Å². The third-order valence-corrected chi connectivity index (χ3v) is 5.90. The van der Waals surface area contributed by atoms with E-state index in [1.807, 2.05) is 6.92 Å². The van der Waals surface area contributed by atoms with Crippen LogP contribution in [0.25, 0.3) is 0 Å². The standard InChI is InChI=1S/C23H36N10O2/c1-3-34-11-7-27-21-20(18(24)15-32-9-12-35-13-10-32)30-23(33-8-6-26-17(2)14-33)31-22(21)29-19-4-5-25-16-28-19/h4-5,16-17,24,26-27H,3,6-15H2,1-2H3,(H,25,28,29,30,31). The Bertz CT molecular complexity index is 955. The lowest BCUT2D eigenvalue weighted by atomic mass is 10.1. The van der Waals surface area contributed by atoms with E-state index in [4.69, 9.17) is 24.9 Å². The number of nitrogens with one attached hydrogen (secondary N) is 4. The van der Waals surface area contributed by atoms with Gasteiger partial charge in [-0.15, -0.1) is 0 Å². The average Bonchev–Trinajstić information content (AvgIpc) is 2.88. The van der Waals surface area contributed by atoms with Crippen LogP contribution in [0.5, 0.6) is 0 Å². The number of piperazine rings is 1. The summed E-state index contributed by atoms with van der Waals surface area (Å²) in [5.41, 5.74) is 1.69. The first-order valence-corrected chi connectivity index (χ1v) is 12.3. The van der Waals surface area contributed by atoms with Gasteiger partial charge in [-0.3, -0.25) is 4.90 Å². The fourth-order valence-electron chi connectivity index (χ4n) is 4.12. The van der Waals surface area contributed by atoms with Crippen molar-refractivity contribution in [1.29, 1.82) is 5.41 Å². The molecule has 0 saturated carbocycles. The van der Waals surface area contributed by atoms with Crippen molar-refractivity contribution in [2.45, 2.75) is 19.9 Å². The molecule has 4 rings (SSSR count). The molecule has 12 heteroatoms. The van der Waals surface area contributed by atoms with Crippen molar-refractivity contribution in [3.63, 3.8) is 0 Å². The van der Waals surface area contributed by atoms with Crippen LogP contribution >= 0.6 is 0 Å². The predicted octanol–water partition coefficient (Wildman–Crippen LogP) is 0.957. The molecule has 35 heavy (non-hydrogen) atoms. The molecule has 0 spiro atoms. The molecule has 2 aromatic rings. The SMILES string of the molecule is CCOCCNc1c(Nc2ccncn2)nc(N2CCNC(C)C2)nc1C(=N)CN1CCOCC1. The third-order valence-electron chi connectivity index (χ3n) is 5.90. The fraction of sp³-hybridized carbons (Fsp3) is 0.609. The minimum absolute atomic E-state index is 0.325. The Morgan fingerprint density at radius 3 is 2.89 bits per heavy atom. The predicted molar refractivity (Wildman–Crippen MR) is 136 cm³/mol. The van der Waals surface area contributed by atoms with Crippen molar-refractivity contribution in [2.24, 2.45) is 0 Å². The summed E-state index contributed by atoms with van der Waals surface area (Å²) in [6.45, 7) is 11.8. The molecule has 2 aromatic heterocycles. The van der Waals surface area contributed by atoms with Crippen LogP contribution in [0.3, 0.4) is 0 Å². The van der Waals surface area contributed by atoms with E-state index in [0.29, 0.717) is 80.2 Å². The fourth-order valence-corrected chi connectivity index (χ4v) is 4.12. The first-order chi connectivity index (χ1) is 17.1. The van der Waals surface area contributed by atoms with E-state index in [2.05, 4.69) is 42.6 Å². The zero-order valence-electron chi connectivity index (χ0n) is 20.6. The van der Waals surface area contributed by atoms with Gasteiger partial charge < -0.3 is 35.7 Å². The number of ether oxygens (including phenoxy) is 2. The molecule has 1 unspecified atom stereocenters. The highest BCUT2D eigenvalue weighted by Gasteiger charge is 2.25. The van der Waals surface area contributed by atoms with Crippen LogP contribution in [0.15, 0.2) is 18.6 Å². The second-order valence-electron chi connectivity index (χ2n) is 8.61. The number of nitrogens with zero attached hydrogens (tertiary/aromatic N) is 6. The van der Waals surface area contributed by atoms with E-state index in [0.717, 1.165) is 32.7 Å². The van der Waals surface area contributed by atoms with E-state index >= 15 is 0 Å². The summed E-state index contributed by atoms with van der Waals surface area (Å²) in [5.74, 6) is 1.81. The second-order valence-corrected chi connectivity index (χ2v) is 8.61. The Kier molecular flexibility index (Phi) is 9.12. The van der Waals surface area contributed by atoms with Gasteiger partial charge in [0.25, 0.3) is 0 Å². The average molecular weight is 485 g/mol. The van der Waals surface area contributed by atoms with Crippen molar-refractivity contribution in [3.05, 3.63) is 24.3 Å². The van der Waals surface area contributed by atoms with Gasteiger partial charge in [0.05, 0.1) is 25.5 Å². The summed E-state index contributed by atoms with van der Waals surface area (Å²) in [5, 5.41) is 19.2. The van der Waals surface area contributed by atoms with E-state index in [1.54, 1.807) is 12.3 Å². The van der Waals surface area contributed by atoms with Crippen molar-refractivity contribution < 1.29 is 9.47 Å². The maximum atomic E-state index is 9.02. The maximum absolute atomic E-state index is 9.02. The van der Waals surface area contributed by atoms with E-state index < -0.39 is 0 Å². The van der Waals surface area contributed by atoms with Gasteiger partial charge in [-0.2, -0.15) is 4.98 Å². The normalized spacial score (nSPS) is 18.9. The highest BCUT2D eigenvalue weighted by atomic mass is 16.5. The van der Waals surface area contributed by atoms with Crippen LogP contribution in [-0.2, 0) is 9.47 Å². The first-order valence-electron chi connectivity index (χ1n) is 12.3. The molecule has 1 atom stereocenters. The molecular formula is C23H36N10O2. The van der Waals surface area contributed by atoms with Gasteiger partial charge in [-0.05, 0) is 19.9 Å². The molecular weight excluding hydrogens is 448 g/mol. The minimum Gasteiger partial charge on any atom is -0.380 e. The summed E-state index contributed by atoms with van der Waals surface area (Å²) in [7, 11) is 0. The lowest BCUT2D eigenvalue weighted by Crippen LogP contribution is -2.50. The van der Waals surface area contributed by atoms with Gasteiger partial charge in [0.1, 0.15) is 23.5 Å². The van der Waals surface area contributed by atoms with E-state index in [-0.39, 0.29) is 0 Å². The third kappa shape index (κ3) is 7.04. The first kappa shape index (κ1) is 25.2. The number of anilines is 4. The molecule has 0 amide bonds. The lowest BCUT2D eigenvalue weighted by molar-refractivity contribution is 0.0452. The minimum atomic E-state index is 0.325. The smallest absolute Gasteiger partial charge is 0.228 e. The van der Waals surface area contributed by atoms with Crippen LogP contribution in [0.2, 0.25) is 0 Å². The zero-order valence-corrected chi connectivity index (χ0v) is 20.6. The second kappa shape index (κ2) is 12.7. The van der Waals surface area contributed by atoms with Gasteiger partial charge >= 0.3 is 0 Å². The number of morpholine rings is 1. The molecule has 4 N–H and O–H groups in total. The van der Waals surface area contributed by atoms with Gasteiger partial charge in [-0.25, -0.2) is 15.0 Å². The van der Waals surface area contributed by atoms with Gasteiger partial charge in [0.15, 0.2) is 5.82 Å². The molecule has 0 aliphatic carbocycles. The van der Waals surface area contributed by atoms with Crippen LogP contribution in [0.4, 0.5) is 23.3 Å². The van der Waals surface area contributed by atoms with Crippen molar-refractivity contribution in [2.75, 3.05) is 87.8 Å². The topological polar surface area (TPSA) is 136 Å².